The summed E-state index contributed by atoms with van der Waals surface area (Å²) in [6.07, 6.45) is 0. The Morgan fingerprint density at radius 3 is 2.39 bits per heavy atom. The highest BCUT2D eigenvalue weighted by atomic mass is 16.5. The Hall–Kier alpha value is -2.25. The summed E-state index contributed by atoms with van der Waals surface area (Å²) in [4.78, 5) is 21.2. The quantitative estimate of drug-likeness (QED) is 0.788. The number of aromatic nitrogens is 2. The summed E-state index contributed by atoms with van der Waals surface area (Å²) in [7, 11) is 0. The van der Waals surface area contributed by atoms with Gasteiger partial charge in [-0.25, -0.2) is 0 Å². The van der Waals surface area contributed by atoms with Crippen LogP contribution in [0.5, 0.6) is 0 Å². The zero-order valence-electron chi connectivity index (χ0n) is 17.3. The Bertz CT molecular complexity index is 763. The molecule has 28 heavy (non-hydrogen) atoms. The van der Waals surface area contributed by atoms with Gasteiger partial charge in [0.25, 0.3) is 0 Å². The van der Waals surface area contributed by atoms with E-state index < -0.39 is 0 Å². The van der Waals surface area contributed by atoms with E-state index in [1.165, 1.54) is 5.56 Å². The number of carbonyl (C=O) groups is 1. The highest BCUT2D eigenvalue weighted by molar-refractivity contribution is 5.78. The largest absolute Gasteiger partial charge is 0.352 e. The molecule has 152 valence electrons. The van der Waals surface area contributed by atoms with E-state index in [1.54, 1.807) is 0 Å². The van der Waals surface area contributed by atoms with Crippen LogP contribution in [-0.2, 0) is 11.3 Å². The minimum atomic E-state index is 0.106. The minimum Gasteiger partial charge on any atom is -0.352 e. The summed E-state index contributed by atoms with van der Waals surface area (Å²) >= 11 is 0. The summed E-state index contributed by atoms with van der Waals surface area (Å²) in [5.41, 5.74) is 2.17. The molecule has 1 amide bonds. The molecule has 1 unspecified atom stereocenters. The highest BCUT2D eigenvalue weighted by Crippen LogP contribution is 2.17. The number of carbonyl (C=O) groups excluding carboxylic acids is 1. The van der Waals surface area contributed by atoms with Crippen LogP contribution in [0.2, 0.25) is 0 Å². The fraction of sp³-hybridized carbons (Fsp3) is 0.571. The van der Waals surface area contributed by atoms with Gasteiger partial charge in [0.2, 0.25) is 17.6 Å². The molecule has 0 saturated carbocycles. The minimum absolute atomic E-state index is 0.106. The van der Waals surface area contributed by atoms with E-state index in [-0.39, 0.29) is 11.9 Å². The van der Waals surface area contributed by atoms with E-state index in [4.69, 9.17) is 4.52 Å². The predicted molar refractivity (Wildman–Crippen MR) is 109 cm³/mol. The van der Waals surface area contributed by atoms with Crippen LogP contribution in [0.15, 0.2) is 28.8 Å². The molecule has 7 nitrogen and oxygen atoms in total. The molecule has 1 atom stereocenters. The number of benzene rings is 1. The van der Waals surface area contributed by atoms with Crippen molar-refractivity contribution in [2.45, 2.75) is 40.3 Å². The van der Waals surface area contributed by atoms with Crippen LogP contribution in [0, 0.1) is 12.8 Å². The van der Waals surface area contributed by atoms with Crippen LogP contribution in [0.25, 0.3) is 11.4 Å². The van der Waals surface area contributed by atoms with Crippen LogP contribution in [0.4, 0.5) is 0 Å². The molecule has 0 radical (unpaired) electrons. The van der Waals surface area contributed by atoms with Gasteiger partial charge in [0, 0.05) is 37.8 Å². The molecule has 3 rings (SSSR count). The van der Waals surface area contributed by atoms with E-state index in [0.717, 1.165) is 31.7 Å². The number of hydrogen-bond acceptors (Lipinski definition) is 6. The van der Waals surface area contributed by atoms with Crippen molar-refractivity contribution in [3.05, 3.63) is 35.7 Å². The number of hydrogen-bond donors (Lipinski definition) is 1. The lowest BCUT2D eigenvalue weighted by molar-refractivity contribution is -0.123. The van der Waals surface area contributed by atoms with Gasteiger partial charge >= 0.3 is 0 Å². The molecule has 7 heteroatoms. The summed E-state index contributed by atoms with van der Waals surface area (Å²) < 4.78 is 5.43. The molecular weight excluding hydrogens is 354 g/mol. The van der Waals surface area contributed by atoms with Crippen LogP contribution >= 0.6 is 0 Å². The summed E-state index contributed by atoms with van der Waals surface area (Å²) in [5, 5.41) is 7.17. The van der Waals surface area contributed by atoms with Gasteiger partial charge in [0.05, 0.1) is 13.1 Å². The first kappa shape index (κ1) is 20.5. The maximum atomic E-state index is 12.2. The monoisotopic (exact) mass is 385 g/mol. The van der Waals surface area contributed by atoms with Crippen molar-refractivity contribution < 1.29 is 9.32 Å². The van der Waals surface area contributed by atoms with E-state index in [9.17, 15) is 4.79 Å². The first-order valence-corrected chi connectivity index (χ1v) is 10.0. The van der Waals surface area contributed by atoms with E-state index in [2.05, 4.69) is 53.0 Å². The summed E-state index contributed by atoms with van der Waals surface area (Å²) in [5.74, 6) is 1.81. The maximum Gasteiger partial charge on any atom is 0.241 e. The molecule has 1 aliphatic heterocycles. The molecular formula is C21H31N5O2. The average molecular weight is 386 g/mol. The lowest BCUT2D eigenvalue weighted by atomic mass is 10.1. The molecule has 0 aliphatic carbocycles. The number of rotatable bonds is 7. The van der Waals surface area contributed by atoms with Crippen molar-refractivity contribution in [2.24, 2.45) is 5.92 Å². The van der Waals surface area contributed by atoms with Gasteiger partial charge in [-0.3, -0.25) is 14.6 Å². The number of nitrogens with zero attached hydrogens (tertiary/aromatic N) is 4. The lowest BCUT2D eigenvalue weighted by Crippen LogP contribution is -2.50. The van der Waals surface area contributed by atoms with Crippen molar-refractivity contribution >= 4 is 5.91 Å². The SMILES string of the molecule is Cc1ccc(-c2noc(CN3CCN(CC(=O)NC(C)C(C)C)CC3)n2)cc1. The van der Waals surface area contributed by atoms with Gasteiger partial charge in [0.1, 0.15) is 0 Å². The third-order valence-electron chi connectivity index (χ3n) is 5.36. The van der Waals surface area contributed by atoms with Crippen molar-refractivity contribution in [3.8, 4) is 11.4 Å². The topological polar surface area (TPSA) is 74.5 Å². The second-order valence-corrected chi connectivity index (χ2v) is 8.03. The fourth-order valence-corrected chi connectivity index (χ4v) is 3.11. The lowest BCUT2D eigenvalue weighted by Gasteiger charge is -2.33. The molecule has 1 aromatic heterocycles. The molecule has 1 aromatic carbocycles. The zero-order chi connectivity index (χ0) is 20.1. The van der Waals surface area contributed by atoms with Gasteiger partial charge in [-0.1, -0.05) is 48.8 Å². The molecule has 1 saturated heterocycles. The van der Waals surface area contributed by atoms with Gasteiger partial charge in [-0.2, -0.15) is 4.98 Å². The summed E-state index contributed by atoms with van der Waals surface area (Å²) in [6, 6.07) is 8.31. The van der Waals surface area contributed by atoms with Crippen molar-refractivity contribution in [1.29, 1.82) is 0 Å². The van der Waals surface area contributed by atoms with Crippen LogP contribution in [-0.4, -0.2) is 64.6 Å². The van der Waals surface area contributed by atoms with Crippen molar-refractivity contribution in [1.82, 2.24) is 25.3 Å². The maximum absolute atomic E-state index is 12.2. The molecule has 0 bridgehead atoms. The van der Waals surface area contributed by atoms with Crippen LogP contribution < -0.4 is 5.32 Å². The highest BCUT2D eigenvalue weighted by Gasteiger charge is 2.21. The zero-order valence-corrected chi connectivity index (χ0v) is 17.3. The average Bonchev–Trinajstić information content (AvgIpc) is 3.12. The van der Waals surface area contributed by atoms with E-state index >= 15 is 0 Å². The second kappa shape index (κ2) is 9.30. The molecule has 1 N–H and O–H groups in total. The van der Waals surface area contributed by atoms with Gasteiger partial charge in [-0.05, 0) is 19.8 Å². The molecule has 1 fully saturated rings. The first-order chi connectivity index (χ1) is 13.4. The van der Waals surface area contributed by atoms with Gasteiger partial charge in [-0.15, -0.1) is 0 Å². The normalized spacial score (nSPS) is 17.0. The number of piperazine rings is 1. The van der Waals surface area contributed by atoms with E-state index in [0.29, 0.717) is 30.7 Å². The second-order valence-electron chi connectivity index (χ2n) is 8.03. The van der Waals surface area contributed by atoms with Crippen LogP contribution in [0.1, 0.15) is 32.2 Å². The summed E-state index contributed by atoms with van der Waals surface area (Å²) in [6.45, 7) is 12.9. The Morgan fingerprint density at radius 2 is 1.75 bits per heavy atom. The number of nitrogens with one attached hydrogen (secondary N) is 1. The first-order valence-electron chi connectivity index (χ1n) is 10.0. The van der Waals surface area contributed by atoms with Crippen LogP contribution in [0.3, 0.4) is 0 Å². The van der Waals surface area contributed by atoms with E-state index in [1.807, 2.05) is 24.3 Å². The standard InChI is InChI=1S/C21H31N5O2/c1-15(2)17(4)22-19(27)13-25-9-11-26(12-10-25)14-20-23-21(24-28-20)18-7-5-16(3)6-8-18/h5-8,15,17H,9-14H2,1-4H3,(H,22,27). The molecule has 2 aromatic rings. The molecule has 2 heterocycles. The van der Waals surface area contributed by atoms with Gasteiger partial charge in [0.15, 0.2) is 0 Å². The fourth-order valence-electron chi connectivity index (χ4n) is 3.11. The predicted octanol–water partition coefficient (Wildman–Crippen LogP) is 2.32. The Labute approximate surface area is 167 Å². The Morgan fingerprint density at radius 1 is 1.11 bits per heavy atom. The molecule has 1 aliphatic rings. The van der Waals surface area contributed by atoms with Crippen molar-refractivity contribution in [2.75, 3.05) is 32.7 Å². The Kier molecular flexibility index (Phi) is 6.80. The van der Waals surface area contributed by atoms with Gasteiger partial charge < -0.3 is 9.84 Å². The Balaban J connectivity index is 1.44. The number of amides is 1. The smallest absolute Gasteiger partial charge is 0.241 e. The number of aryl methyl sites for hydroxylation is 1. The van der Waals surface area contributed by atoms with Crippen molar-refractivity contribution in [3.63, 3.8) is 0 Å². The third kappa shape index (κ3) is 5.62. The third-order valence-corrected chi connectivity index (χ3v) is 5.36. The molecule has 0 spiro atoms.